The van der Waals surface area contributed by atoms with Gasteiger partial charge in [0.15, 0.2) is 0 Å². The number of anilines is 2. The number of rotatable bonds is 2. The van der Waals surface area contributed by atoms with Gasteiger partial charge in [-0.25, -0.2) is 0 Å². The number of carbonyl (C=O) groups is 1. The normalized spacial score (nSPS) is 10.4. The van der Waals surface area contributed by atoms with Crippen LogP contribution in [0.1, 0.15) is 15.2 Å². The molecule has 0 bridgehead atoms. The van der Waals surface area contributed by atoms with Crippen LogP contribution in [-0.4, -0.2) is 5.91 Å². The van der Waals surface area contributed by atoms with E-state index in [0.717, 1.165) is 10.0 Å². The van der Waals surface area contributed by atoms with Gasteiger partial charge in [0.1, 0.15) is 4.88 Å². The second-order valence-electron chi connectivity index (χ2n) is 3.75. The van der Waals surface area contributed by atoms with Crippen molar-refractivity contribution in [3.05, 3.63) is 43.5 Å². The van der Waals surface area contributed by atoms with Crippen LogP contribution in [0.5, 0.6) is 0 Å². The second kappa shape index (κ2) is 5.30. The fourth-order valence-electron chi connectivity index (χ4n) is 1.39. The Morgan fingerprint density at radius 3 is 2.78 bits per heavy atom. The van der Waals surface area contributed by atoms with Crippen molar-refractivity contribution < 1.29 is 4.79 Å². The molecule has 1 aromatic carbocycles. The summed E-state index contributed by atoms with van der Waals surface area (Å²) >= 11 is 10.7. The van der Waals surface area contributed by atoms with E-state index in [4.69, 9.17) is 17.3 Å². The molecular formula is C12H10BrClN2OS. The first-order valence-electron chi connectivity index (χ1n) is 5.09. The van der Waals surface area contributed by atoms with Gasteiger partial charge in [-0.05, 0) is 52.0 Å². The van der Waals surface area contributed by atoms with Gasteiger partial charge in [-0.2, -0.15) is 0 Å². The smallest absolute Gasteiger partial charge is 0.267 e. The lowest BCUT2D eigenvalue weighted by Gasteiger charge is -2.06. The summed E-state index contributed by atoms with van der Waals surface area (Å²) in [5.41, 5.74) is 7.86. The number of thiophene rings is 1. The van der Waals surface area contributed by atoms with Crippen molar-refractivity contribution in [1.29, 1.82) is 0 Å². The minimum absolute atomic E-state index is 0.222. The molecule has 0 spiro atoms. The van der Waals surface area contributed by atoms with E-state index >= 15 is 0 Å². The molecule has 0 aliphatic heterocycles. The molecule has 3 N–H and O–H groups in total. The molecule has 0 atom stereocenters. The van der Waals surface area contributed by atoms with Gasteiger partial charge < -0.3 is 11.1 Å². The zero-order valence-corrected chi connectivity index (χ0v) is 12.6. The van der Waals surface area contributed by atoms with Crippen LogP contribution in [0.15, 0.2) is 28.1 Å². The van der Waals surface area contributed by atoms with Crippen LogP contribution < -0.4 is 11.1 Å². The maximum atomic E-state index is 12.0. The standard InChI is InChI=1S/C12H10BrClN2OS/c1-6-5-18-11(10(6)14)12(17)16-7-2-3-8(13)9(15)4-7/h2-5H,15H2,1H3,(H,16,17). The molecule has 1 heterocycles. The van der Waals surface area contributed by atoms with Crippen molar-refractivity contribution in [2.24, 2.45) is 0 Å². The van der Waals surface area contributed by atoms with Gasteiger partial charge in [0.2, 0.25) is 0 Å². The number of nitrogens with two attached hydrogens (primary N) is 1. The summed E-state index contributed by atoms with van der Waals surface area (Å²) in [6.45, 7) is 1.87. The first-order valence-corrected chi connectivity index (χ1v) is 7.14. The summed E-state index contributed by atoms with van der Waals surface area (Å²) in [5.74, 6) is -0.222. The molecule has 6 heteroatoms. The van der Waals surface area contributed by atoms with Crippen LogP contribution in [0.3, 0.4) is 0 Å². The number of aryl methyl sites for hydroxylation is 1. The van der Waals surface area contributed by atoms with Crippen LogP contribution in [0.25, 0.3) is 0 Å². The molecule has 0 aliphatic carbocycles. The molecule has 0 aliphatic rings. The molecular weight excluding hydrogens is 336 g/mol. The quantitative estimate of drug-likeness (QED) is 0.797. The maximum absolute atomic E-state index is 12.0. The van der Waals surface area contributed by atoms with Crippen molar-refractivity contribution >= 4 is 56.1 Å². The minimum Gasteiger partial charge on any atom is -0.398 e. The first kappa shape index (κ1) is 13.4. The zero-order chi connectivity index (χ0) is 13.3. The van der Waals surface area contributed by atoms with Gasteiger partial charge in [-0.3, -0.25) is 4.79 Å². The fraction of sp³-hybridized carbons (Fsp3) is 0.0833. The molecule has 0 radical (unpaired) electrons. The lowest BCUT2D eigenvalue weighted by atomic mass is 10.2. The highest BCUT2D eigenvalue weighted by atomic mass is 79.9. The lowest BCUT2D eigenvalue weighted by Crippen LogP contribution is -2.11. The van der Waals surface area contributed by atoms with Gasteiger partial charge in [0.25, 0.3) is 5.91 Å². The molecule has 3 nitrogen and oxygen atoms in total. The SMILES string of the molecule is Cc1csc(C(=O)Nc2ccc(Br)c(N)c2)c1Cl. The number of hydrogen-bond acceptors (Lipinski definition) is 3. The molecule has 94 valence electrons. The molecule has 1 amide bonds. The Bertz CT molecular complexity index is 612. The van der Waals surface area contributed by atoms with Crippen molar-refractivity contribution in [1.82, 2.24) is 0 Å². The number of halogens is 2. The molecule has 0 unspecified atom stereocenters. The Morgan fingerprint density at radius 1 is 1.50 bits per heavy atom. The van der Waals surface area contributed by atoms with Gasteiger partial charge in [0.05, 0.1) is 5.02 Å². The Morgan fingerprint density at radius 2 is 2.22 bits per heavy atom. The Hall–Kier alpha value is -1.04. The summed E-state index contributed by atoms with van der Waals surface area (Å²) in [5, 5.41) is 5.12. The molecule has 0 saturated carbocycles. The van der Waals surface area contributed by atoms with E-state index in [1.807, 2.05) is 12.3 Å². The number of nitrogen functional groups attached to an aromatic ring is 1. The highest BCUT2D eigenvalue weighted by Gasteiger charge is 2.14. The Labute approximate surface area is 122 Å². The predicted octanol–water partition coefficient (Wildman–Crippen LogP) is 4.31. The number of hydrogen-bond donors (Lipinski definition) is 2. The fourth-order valence-corrected chi connectivity index (χ4v) is 2.81. The van der Waals surface area contributed by atoms with Gasteiger partial charge in [-0.1, -0.05) is 11.6 Å². The van der Waals surface area contributed by atoms with E-state index in [1.165, 1.54) is 11.3 Å². The van der Waals surface area contributed by atoms with Crippen molar-refractivity contribution in [3.63, 3.8) is 0 Å². The third-order valence-electron chi connectivity index (χ3n) is 2.36. The highest BCUT2D eigenvalue weighted by Crippen LogP contribution is 2.29. The van der Waals surface area contributed by atoms with Gasteiger partial charge >= 0.3 is 0 Å². The third-order valence-corrected chi connectivity index (χ3v) is 4.78. The Balaban J connectivity index is 2.21. The van der Waals surface area contributed by atoms with E-state index < -0.39 is 0 Å². The van der Waals surface area contributed by atoms with Crippen LogP contribution in [0, 0.1) is 6.92 Å². The van der Waals surface area contributed by atoms with E-state index in [9.17, 15) is 4.79 Å². The molecule has 0 fully saturated rings. The molecule has 18 heavy (non-hydrogen) atoms. The van der Waals surface area contributed by atoms with Crippen molar-refractivity contribution in [2.75, 3.05) is 11.1 Å². The highest BCUT2D eigenvalue weighted by molar-refractivity contribution is 9.10. The maximum Gasteiger partial charge on any atom is 0.267 e. The summed E-state index contributed by atoms with van der Waals surface area (Å²) in [6, 6.07) is 5.25. The first-order chi connectivity index (χ1) is 8.49. The van der Waals surface area contributed by atoms with Gasteiger partial charge in [-0.15, -0.1) is 11.3 Å². The van der Waals surface area contributed by atoms with E-state index in [2.05, 4.69) is 21.2 Å². The summed E-state index contributed by atoms with van der Waals surface area (Å²) in [7, 11) is 0. The monoisotopic (exact) mass is 344 g/mol. The van der Waals surface area contributed by atoms with E-state index in [0.29, 0.717) is 21.3 Å². The number of benzene rings is 1. The predicted molar refractivity (Wildman–Crippen MR) is 80.6 cm³/mol. The minimum atomic E-state index is -0.222. The lowest BCUT2D eigenvalue weighted by molar-refractivity contribution is 0.103. The van der Waals surface area contributed by atoms with Gasteiger partial charge in [0, 0.05) is 15.8 Å². The number of nitrogens with one attached hydrogen (secondary N) is 1. The third kappa shape index (κ3) is 2.68. The summed E-state index contributed by atoms with van der Waals surface area (Å²) < 4.78 is 0.797. The van der Waals surface area contributed by atoms with E-state index in [-0.39, 0.29) is 5.91 Å². The largest absolute Gasteiger partial charge is 0.398 e. The van der Waals surface area contributed by atoms with Crippen molar-refractivity contribution in [3.8, 4) is 0 Å². The average molecular weight is 346 g/mol. The molecule has 0 saturated heterocycles. The summed E-state index contributed by atoms with van der Waals surface area (Å²) in [6.07, 6.45) is 0. The van der Waals surface area contributed by atoms with Crippen LogP contribution in [0.4, 0.5) is 11.4 Å². The zero-order valence-electron chi connectivity index (χ0n) is 9.46. The second-order valence-corrected chi connectivity index (χ2v) is 5.86. The molecule has 2 aromatic rings. The summed E-state index contributed by atoms with van der Waals surface area (Å²) in [4.78, 5) is 12.5. The van der Waals surface area contributed by atoms with Crippen LogP contribution in [0.2, 0.25) is 5.02 Å². The molecule has 2 rings (SSSR count). The van der Waals surface area contributed by atoms with E-state index in [1.54, 1.807) is 18.2 Å². The van der Waals surface area contributed by atoms with Crippen LogP contribution in [-0.2, 0) is 0 Å². The average Bonchev–Trinajstić information content (AvgIpc) is 2.65. The molecule has 1 aromatic heterocycles. The number of carbonyl (C=O) groups excluding carboxylic acids is 1. The number of amides is 1. The Kier molecular flexibility index (Phi) is 3.94. The topological polar surface area (TPSA) is 55.1 Å². The van der Waals surface area contributed by atoms with Crippen molar-refractivity contribution in [2.45, 2.75) is 6.92 Å². The van der Waals surface area contributed by atoms with Crippen LogP contribution >= 0.6 is 38.9 Å².